The number of nitrogens with zero attached hydrogens (tertiary/aromatic N) is 2. The number of esters is 1. The molecule has 3 aromatic rings. The molecule has 0 radical (unpaired) electrons. The standard InChI is InChI=1S/C21H28N2O3SSi/c1-6-26-21(24)17-13-23(14-25-9-10-28(3,4)5)22-20(17)19-12-16-11-15(2)7-8-18(16)27-19/h7-8,11-13H,6,9-10,14H2,1-5H3. The monoisotopic (exact) mass is 416 g/mol. The van der Waals surface area contributed by atoms with E-state index in [1.807, 2.05) is 6.92 Å². The molecular formula is C21H28N2O3SSi. The van der Waals surface area contributed by atoms with Gasteiger partial charge in [-0.15, -0.1) is 11.3 Å². The third-order valence-corrected chi connectivity index (χ3v) is 7.21. The maximum absolute atomic E-state index is 12.5. The molecule has 0 aliphatic rings. The maximum Gasteiger partial charge on any atom is 0.342 e. The molecule has 2 aromatic heterocycles. The second-order valence-corrected chi connectivity index (χ2v) is 14.9. The van der Waals surface area contributed by atoms with Gasteiger partial charge in [0, 0.05) is 25.6 Å². The van der Waals surface area contributed by atoms with Gasteiger partial charge in [-0.25, -0.2) is 9.48 Å². The van der Waals surface area contributed by atoms with Crippen LogP contribution < -0.4 is 0 Å². The van der Waals surface area contributed by atoms with Crippen LogP contribution in [0.2, 0.25) is 25.7 Å². The Kier molecular flexibility index (Phi) is 6.37. The molecule has 0 bridgehead atoms. The Morgan fingerprint density at radius 1 is 1.25 bits per heavy atom. The van der Waals surface area contributed by atoms with E-state index in [2.05, 4.69) is 55.9 Å². The fraction of sp³-hybridized carbons (Fsp3) is 0.429. The number of aryl methyl sites for hydroxylation is 1. The van der Waals surface area contributed by atoms with Crippen molar-refractivity contribution in [1.82, 2.24) is 9.78 Å². The summed E-state index contributed by atoms with van der Waals surface area (Å²) in [4.78, 5) is 13.4. The molecule has 0 amide bonds. The SMILES string of the molecule is CCOC(=O)c1cn(COCC[Si](C)(C)C)nc1-c1cc2cc(C)ccc2s1. The van der Waals surface area contributed by atoms with Gasteiger partial charge in [0.2, 0.25) is 0 Å². The Morgan fingerprint density at radius 3 is 2.75 bits per heavy atom. The van der Waals surface area contributed by atoms with Gasteiger partial charge in [0.15, 0.2) is 0 Å². The van der Waals surface area contributed by atoms with Crippen molar-refractivity contribution in [2.24, 2.45) is 0 Å². The van der Waals surface area contributed by atoms with Crippen LogP contribution in [0.1, 0.15) is 22.8 Å². The molecule has 0 atom stereocenters. The minimum Gasteiger partial charge on any atom is -0.462 e. The van der Waals surface area contributed by atoms with Gasteiger partial charge < -0.3 is 9.47 Å². The molecule has 3 rings (SSSR count). The van der Waals surface area contributed by atoms with E-state index >= 15 is 0 Å². The molecule has 1 aromatic carbocycles. The van der Waals surface area contributed by atoms with Crippen LogP contribution in [-0.4, -0.2) is 37.0 Å². The normalized spacial score (nSPS) is 11.9. The summed E-state index contributed by atoms with van der Waals surface area (Å²) in [5.74, 6) is -0.348. The molecule has 5 nitrogen and oxygen atoms in total. The van der Waals surface area contributed by atoms with Crippen molar-refractivity contribution in [2.75, 3.05) is 13.2 Å². The number of carbonyl (C=O) groups is 1. The minimum absolute atomic E-state index is 0.334. The summed E-state index contributed by atoms with van der Waals surface area (Å²) in [5, 5.41) is 5.81. The van der Waals surface area contributed by atoms with Crippen molar-refractivity contribution in [3.63, 3.8) is 0 Å². The zero-order valence-corrected chi connectivity index (χ0v) is 19.1. The van der Waals surface area contributed by atoms with Crippen LogP contribution in [0.4, 0.5) is 0 Å². The highest BCUT2D eigenvalue weighted by atomic mass is 32.1. The van der Waals surface area contributed by atoms with Crippen LogP contribution >= 0.6 is 11.3 Å². The average Bonchev–Trinajstić information content (AvgIpc) is 3.21. The number of hydrogen-bond acceptors (Lipinski definition) is 5. The molecule has 0 aliphatic heterocycles. The van der Waals surface area contributed by atoms with Crippen molar-refractivity contribution in [3.05, 3.63) is 41.6 Å². The first kappa shape index (κ1) is 20.8. The van der Waals surface area contributed by atoms with Gasteiger partial charge in [0.1, 0.15) is 18.0 Å². The average molecular weight is 417 g/mol. The summed E-state index contributed by atoms with van der Waals surface area (Å²) in [5.41, 5.74) is 2.36. The van der Waals surface area contributed by atoms with Crippen molar-refractivity contribution in [1.29, 1.82) is 0 Å². The molecule has 7 heteroatoms. The maximum atomic E-state index is 12.5. The van der Waals surface area contributed by atoms with Gasteiger partial charge in [0.25, 0.3) is 0 Å². The van der Waals surface area contributed by atoms with Crippen LogP contribution in [0, 0.1) is 6.92 Å². The summed E-state index contributed by atoms with van der Waals surface area (Å²) in [7, 11) is -1.13. The van der Waals surface area contributed by atoms with Gasteiger partial charge in [-0.1, -0.05) is 37.3 Å². The molecular weight excluding hydrogens is 388 g/mol. The van der Waals surface area contributed by atoms with E-state index in [1.54, 1.807) is 22.2 Å². The third kappa shape index (κ3) is 5.10. The van der Waals surface area contributed by atoms with Crippen LogP contribution in [0.3, 0.4) is 0 Å². The summed E-state index contributed by atoms with van der Waals surface area (Å²) in [6, 6.07) is 9.55. The summed E-state index contributed by atoms with van der Waals surface area (Å²) in [6.07, 6.45) is 1.73. The minimum atomic E-state index is -1.13. The quantitative estimate of drug-likeness (QED) is 0.274. The summed E-state index contributed by atoms with van der Waals surface area (Å²) >= 11 is 1.63. The van der Waals surface area contributed by atoms with Crippen molar-refractivity contribution in [3.8, 4) is 10.6 Å². The largest absolute Gasteiger partial charge is 0.462 e. The third-order valence-electron chi connectivity index (χ3n) is 4.38. The van der Waals surface area contributed by atoms with Gasteiger partial charge in [-0.3, -0.25) is 0 Å². The highest BCUT2D eigenvalue weighted by molar-refractivity contribution is 7.22. The summed E-state index contributed by atoms with van der Waals surface area (Å²) in [6.45, 7) is 12.2. The Morgan fingerprint density at radius 2 is 2.04 bits per heavy atom. The van der Waals surface area contributed by atoms with Crippen molar-refractivity contribution in [2.45, 2.75) is 46.3 Å². The zero-order valence-electron chi connectivity index (χ0n) is 17.2. The highest BCUT2D eigenvalue weighted by Gasteiger charge is 2.21. The Labute approximate surface area is 171 Å². The topological polar surface area (TPSA) is 53.4 Å². The molecule has 0 spiro atoms. The van der Waals surface area contributed by atoms with Gasteiger partial charge in [-0.05, 0) is 37.4 Å². The van der Waals surface area contributed by atoms with E-state index in [0.29, 0.717) is 31.2 Å². The predicted molar refractivity (Wildman–Crippen MR) is 118 cm³/mol. The lowest BCUT2D eigenvalue weighted by Gasteiger charge is -2.15. The molecule has 150 valence electrons. The fourth-order valence-electron chi connectivity index (χ4n) is 2.84. The Balaban J connectivity index is 1.87. The lowest BCUT2D eigenvalue weighted by Crippen LogP contribution is -2.22. The van der Waals surface area contributed by atoms with Gasteiger partial charge in [0.05, 0.1) is 11.5 Å². The smallest absolute Gasteiger partial charge is 0.342 e. The molecule has 0 N–H and O–H groups in total. The van der Waals surface area contributed by atoms with E-state index in [0.717, 1.165) is 16.3 Å². The first-order chi connectivity index (χ1) is 13.3. The lowest BCUT2D eigenvalue weighted by molar-refractivity contribution is 0.0525. The number of ether oxygens (including phenoxy) is 2. The molecule has 0 saturated heterocycles. The number of carbonyl (C=O) groups excluding carboxylic acids is 1. The predicted octanol–water partition coefficient (Wildman–Crippen LogP) is 5.56. The molecule has 0 saturated carbocycles. The molecule has 0 unspecified atom stereocenters. The Hall–Kier alpha value is -1.96. The first-order valence-corrected chi connectivity index (χ1v) is 14.1. The second kappa shape index (κ2) is 8.59. The second-order valence-electron chi connectivity index (χ2n) is 8.15. The van der Waals surface area contributed by atoms with E-state index in [4.69, 9.17) is 9.47 Å². The van der Waals surface area contributed by atoms with Crippen LogP contribution in [0.15, 0.2) is 30.5 Å². The summed E-state index contributed by atoms with van der Waals surface area (Å²) < 4.78 is 13.9. The number of aromatic nitrogens is 2. The highest BCUT2D eigenvalue weighted by Crippen LogP contribution is 2.35. The number of fused-ring (bicyclic) bond motifs is 1. The van der Waals surface area contributed by atoms with Gasteiger partial charge >= 0.3 is 5.97 Å². The van der Waals surface area contributed by atoms with Crippen LogP contribution in [-0.2, 0) is 16.2 Å². The van der Waals surface area contributed by atoms with Gasteiger partial charge in [-0.2, -0.15) is 5.10 Å². The number of rotatable bonds is 8. The number of hydrogen-bond donors (Lipinski definition) is 0. The first-order valence-electron chi connectivity index (χ1n) is 9.60. The van der Waals surface area contributed by atoms with Crippen molar-refractivity contribution >= 4 is 35.5 Å². The van der Waals surface area contributed by atoms with E-state index < -0.39 is 8.07 Å². The fourth-order valence-corrected chi connectivity index (χ4v) is 4.64. The van der Waals surface area contributed by atoms with E-state index in [9.17, 15) is 4.79 Å². The molecule has 28 heavy (non-hydrogen) atoms. The lowest BCUT2D eigenvalue weighted by atomic mass is 10.1. The van der Waals surface area contributed by atoms with Crippen LogP contribution in [0.5, 0.6) is 0 Å². The Bertz CT molecular complexity index is 972. The molecule has 0 aliphatic carbocycles. The van der Waals surface area contributed by atoms with E-state index in [1.165, 1.54) is 10.3 Å². The zero-order chi connectivity index (χ0) is 20.3. The van der Waals surface area contributed by atoms with E-state index in [-0.39, 0.29) is 5.97 Å². The number of thiophene rings is 1. The number of benzene rings is 1. The van der Waals surface area contributed by atoms with Crippen molar-refractivity contribution < 1.29 is 14.3 Å². The molecule has 2 heterocycles. The van der Waals surface area contributed by atoms with Crippen LogP contribution in [0.25, 0.3) is 20.7 Å². The molecule has 0 fully saturated rings.